The van der Waals surface area contributed by atoms with E-state index in [4.69, 9.17) is 4.74 Å². The molecule has 0 radical (unpaired) electrons. The number of ether oxygens (including phenoxy) is 2. The predicted molar refractivity (Wildman–Crippen MR) is 118 cm³/mol. The number of H-pyrrole nitrogens is 1. The van der Waals surface area contributed by atoms with Gasteiger partial charge in [-0.15, -0.1) is 13.2 Å². The molecule has 2 aliphatic carbocycles. The lowest BCUT2D eigenvalue weighted by Gasteiger charge is -2.19. The molecule has 3 aromatic rings. The molecular formula is C22H22F4N8O3. The van der Waals surface area contributed by atoms with Crippen LogP contribution >= 0.6 is 0 Å². The fourth-order valence-corrected chi connectivity index (χ4v) is 4.21. The average Bonchev–Trinajstić information content (AvgIpc) is 3.19. The highest BCUT2D eigenvalue weighted by Crippen LogP contribution is 2.39. The lowest BCUT2D eigenvalue weighted by atomic mass is 10.0. The molecule has 0 aliphatic heterocycles. The Balaban J connectivity index is 1.29. The molecule has 15 heteroatoms. The van der Waals surface area contributed by atoms with E-state index in [0.717, 1.165) is 12.8 Å². The third-order valence-corrected chi connectivity index (χ3v) is 6.40. The predicted octanol–water partition coefficient (Wildman–Crippen LogP) is 3.97. The SMILES string of the molecule is CC1(NC(=O)O[C@@H]2CC[C@H](c3cc(Nc4nc(C#N)cc5nc(COC(F)(F)F)cn45)n[nH]3)[C@H]2F)CC1. The lowest BCUT2D eigenvalue weighted by Crippen LogP contribution is -2.38. The van der Waals surface area contributed by atoms with Gasteiger partial charge in [0.15, 0.2) is 5.82 Å². The average molecular weight is 522 g/mol. The van der Waals surface area contributed by atoms with Crippen LogP contribution in [0.5, 0.6) is 0 Å². The summed E-state index contributed by atoms with van der Waals surface area (Å²) in [6, 6.07) is 4.73. The van der Waals surface area contributed by atoms with Crippen LogP contribution in [0.25, 0.3) is 5.65 Å². The number of carbonyl (C=O) groups excluding carboxylic acids is 1. The molecule has 2 saturated carbocycles. The maximum Gasteiger partial charge on any atom is 0.522 e. The summed E-state index contributed by atoms with van der Waals surface area (Å²) < 4.78 is 62.8. The second-order valence-electron chi connectivity index (χ2n) is 9.36. The van der Waals surface area contributed by atoms with Crippen molar-refractivity contribution in [2.45, 2.75) is 69.3 Å². The summed E-state index contributed by atoms with van der Waals surface area (Å²) >= 11 is 0. The molecule has 2 aliphatic rings. The first-order chi connectivity index (χ1) is 17.5. The van der Waals surface area contributed by atoms with Crippen LogP contribution in [0, 0.1) is 11.3 Å². The Hall–Kier alpha value is -3.93. The molecule has 0 saturated heterocycles. The zero-order chi connectivity index (χ0) is 26.4. The molecule has 5 rings (SSSR count). The van der Waals surface area contributed by atoms with Gasteiger partial charge in [0.05, 0.1) is 12.3 Å². The number of nitrogens with zero attached hydrogens (tertiary/aromatic N) is 5. The first-order valence-electron chi connectivity index (χ1n) is 11.5. The van der Waals surface area contributed by atoms with E-state index < -0.39 is 37.3 Å². The molecule has 0 unspecified atom stereocenters. The Morgan fingerprint density at radius 2 is 2.11 bits per heavy atom. The van der Waals surface area contributed by atoms with Gasteiger partial charge in [-0.25, -0.2) is 19.2 Å². The van der Waals surface area contributed by atoms with E-state index in [-0.39, 0.29) is 34.3 Å². The highest BCUT2D eigenvalue weighted by atomic mass is 19.4. The molecule has 3 N–H and O–H groups in total. The number of rotatable bonds is 7. The van der Waals surface area contributed by atoms with Crippen LogP contribution in [0.1, 0.15) is 55.6 Å². The fraction of sp³-hybridized carbons (Fsp3) is 0.500. The van der Waals surface area contributed by atoms with E-state index in [1.807, 2.05) is 13.0 Å². The van der Waals surface area contributed by atoms with Crippen molar-refractivity contribution in [1.82, 2.24) is 29.9 Å². The molecule has 0 aromatic carbocycles. The quantitative estimate of drug-likeness (QED) is 0.396. The summed E-state index contributed by atoms with van der Waals surface area (Å²) in [5, 5.41) is 21.8. The first-order valence-corrected chi connectivity index (χ1v) is 11.5. The van der Waals surface area contributed by atoms with Gasteiger partial charge in [0.2, 0.25) is 5.95 Å². The number of aromatic amines is 1. The number of hydrogen-bond donors (Lipinski definition) is 3. The summed E-state index contributed by atoms with van der Waals surface area (Å²) in [4.78, 5) is 20.2. The first kappa shape index (κ1) is 24.8. The maximum atomic E-state index is 15.1. The Labute approximate surface area is 207 Å². The van der Waals surface area contributed by atoms with Crippen molar-refractivity contribution in [3.05, 3.63) is 35.4 Å². The smallest absolute Gasteiger partial charge is 0.443 e. The summed E-state index contributed by atoms with van der Waals surface area (Å²) in [7, 11) is 0. The van der Waals surface area contributed by atoms with Crippen LogP contribution in [0.4, 0.5) is 34.1 Å². The van der Waals surface area contributed by atoms with Gasteiger partial charge in [-0.05, 0) is 32.6 Å². The van der Waals surface area contributed by atoms with Crippen LogP contribution in [0.15, 0.2) is 18.3 Å². The van der Waals surface area contributed by atoms with Gasteiger partial charge in [-0.3, -0.25) is 14.2 Å². The van der Waals surface area contributed by atoms with Gasteiger partial charge < -0.3 is 15.4 Å². The monoisotopic (exact) mass is 522 g/mol. The van der Waals surface area contributed by atoms with Gasteiger partial charge in [0.25, 0.3) is 0 Å². The van der Waals surface area contributed by atoms with Gasteiger partial charge in [0, 0.05) is 35.5 Å². The number of carbonyl (C=O) groups is 1. The standard InChI is InChI=1S/C22H22F4N8O3/c1-21(4-5-21)31-20(35)37-15-3-2-13(18(15)23)14-7-16(33-32-14)30-19-29-11(8-27)6-17-28-12(9-34(17)19)10-36-22(24,25)26/h6-7,9,13,15,18H,2-5,10H2,1H3,(H,31,35)(H2,29,30,32,33)/t13-,15-,18-/m1/s1. The second kappa shape index (κ2) is 9.18. The van der Waals surface area contributed by atoms with Crippen molar-refractivity contribution in [3.8, 4) is 6.07 Å². The zero-order valence-corrected chi connectivity index (χ0v) is 19.5. The molecule has 0 spiro atoms. The van der Waals surface area contributed by atoms with Crippen molar-refractivity contribution < 1.29 is 31.8 Å². The molecule has 3 atom stereocenters. The van der Waals surface area contributed by atoms with Gasteiger partial charge >= 0.3 is 12.5 Å². The van der Waals surface area contributed by atoms with Crippen molar-refractivity contribution in [1.29, 1.82) is 5.26 Å². The number of hydrogen-bond acceptors (Lipinski definition) is 8. The molecule has 2 fully saturated rings. The Kier molecular flexibility index (Phi) is 6.14. The van der Waals surface area contributed by atoms with E-state index in [0.29, 0.717) is 18.5 Å². The largest absolute Gasteiger partial charge is 0.522 e. The van der Waals surface area contributed by atoms with Crippen LogP contribution in [0.3, 0.4) is 0 Å². The van der Waals surface area contributed by atoms with Crippen LogP contribution in [-0.2, 0) is 16.1 Å². The number of fused-ring (bicyclic) bond motifs is 1. The van der Waals surface area contributed by atoms with Gasteiger partial charge in [-0.2, -0.15) is 10.4 Å². The van der Waals surface area contributed by atoms with Crippen molar-refractivity contribution >= 4 is 23.5 Å². The summed E-state index contributed by atoms with van der Waals surface area (Å²) in [6.45, 7) is 1.08. The minimum Gasteiger partial charge on any atom is -0.443 e. The zero-order valence-electron chi connectivity index (χ0n) is 19.5. The second-order valence-corrected chi connectivity index (χ2v) is 9.36. The van der Waals surface area contributed by atoms with Crippen LogP contribution in [-0.4, -0.2) is 54.8 Å². The third-order valence-electron chi connectivity index (χ3n) is 6.40. The number of aromatic nitrogens is 5. The van der Waals surface area contributed by atoms with Crippen LogP contribution in [0.2, 0.25) is 0 Å². The van der Waals surface area contributed by atoms with Crippen molar-refractivity contribution in [3.63, 3.8) is 0 Å². The Bertz CT molecular complexity index is 1360. The molecule has 37 heavy (non-hydrogen) atoms. The number of anilines is 2. The van der Waals surface area contributed by atoms with E-state index in [1.54, 1.807) is 6.07 Å². The summed E-state index contributed by atoms with van der Waals surface area (Å²) in [6.07, 6.45) is -4.00. The van der Waals surface area contributed by atoms with E-state index in [1.165, 1.54) is 16.7 Å². The van der Waals surface area contributed by atoms with E-state index >= 15 is 4.39 Å². The van der Waals surface area contributed by atoms with E-state index in [2.05, 4.69) is 35.5 Å². The molecule has 0 bridgehead atoms. The number of nitrogens with one attached hydrogen (secondary N) is 3. The summed E-state index contributed by atoms with van der Waals surface area (Å²) in [5.74, 6) is -0.292. The van der Waals surface area contributed by atoms with Gasteiger partial charge in [0.1, 0.15) is 29.7 Å². The van der Waals surface area contributed by atoms with Crippen LogP contribution < -0.4 is 10.6 Å². The molecule has 3 aromatic heterocycles. The fourth-order valence-electron chi connectivity index (χ4n) is 4.21. The molecule has 11 nitrogen and oxygen atoms in total. The van der Waals surface area contributed by atoms with Crippen molar-refractivity contribution in [2.24, 2.45) is 0 Å². The number of nitriles is 1. The number of imidazole rings is 1. The normalized spacial score (nSPS) is 22.5. The maximum absolute atomic E-state index is 15.1. The number of alkyl halides is 4. The highest BCUT2D eigenvalue weighted by Gasteiger charge is 2.43. The minimum absolute atomic E-state index is 0.0300. The number of halogens is 4. The Morgan fingerprint density at radius 3 is 2.81 bits per heavy atom. The topological polar surface area (TPSA) is 142 Å². The third kappa shape index (κ3) is 5.58. The molecule has 3 heterocycles. The summed E-state index contributed by atoms with van der Waals surface area (Å²) in [5.41, 5.74) is 0.306. The highest BCUT2D eigenvalue weighted by molar-refractivity contribution is 5.69. The van der Waals surface area contributed by atoms with Crippen molar-refractivity contribution in [2.75, 3.05) is 5.32 Å². The minimum atomic E-state index is -4.82. The number of alkyl carbamates (subject to hydrolysis) is 1. The molecule has 196 valence electrons. The lowest BCUT2D eigenvalue weighted by molar-refractivity contribution is -0.330. The van der Waals surface area contributed by atoms with Gasteiger partial charge in [-0.1, -0.05) is 0 Å². The molecular weight excluding hydrogens is 500 g/mol. The molecule has 1 amide bonds. The van der Waals surface area contributed by atoms with E-state index in [9.17, 15) is 23.2 Å². The Morgan fingerprint density at radius 1 is 1.32 bits per heavy atom. The number of amides is 1.